The molecule has 1 N–H and O–H groups in total. The molecule has 2 heterocycles. The molecule has 3 rings (SSSR count). The number of pyridine rings is 1. The zero-order valence-electron chi connectivity index (χ0n) is 9.93. The second-order valence-electron chi connectivity index (χ2n) is 4.54. The van der Waals surface area contributed by atoms with Gasteiger partial charge in [0.05, 0.1) is 11.4 Å². The van der Waals surface area contributed by atoms with E-state index in [2.05, 4.69) is 21.5 Å². The molecule has 0 saturated heterocycles. The first kappa shape index (κ1) is 10.5. The number of rotatable bonds is 4. The van der Waals surface area contributed by atoms with Crippen LogP contribution in [-0.2, 0) is 6.54 Å². The van der Waals surface area contributed by atoms with Gasteiger partial charge in [-0.2, -0.15) is 5.10 Å². The molecule has 0 atom stereocenters. The first-order chi connectivity index (χ1) is 8.31. The van der Waals surface area contributed by atoms with E-state index < -0.39 is 0 Å². The van der Waals surface area contributed by atoms with E-state index in [9.17, 15) is 0 Å². The lowest BCUT2D eigenvalue weighted by molar-refractivity contribution is 0.670. The fourth-order valence-electron chi connectivity index (χ4n) is 1.77. The van der Waals surface area contributed by atoms with Crippen LogP contribution in [0.4, 0.5) is 0 Å². The SMILES string of the molecule is Cc1ccn(-c2cccc(CNC3CC3)n2)n1. The predicted octanol–water partition coefficient (Wildman–Crippen LogP) is 1.83. The van der Waals surface area contributed by atoms with Gasteiger partial charge in [-0.1, -0.05) is 6.07 Å². The van der Waals surface area contributed by atoms with Crippen LogP contribution in [0.2, 0.25) is 0 Å². The molecule has 1 aliphatic carbocycles. The summed E-state index contributed by atoms with van der Waals surface area (Å²) in [5.74, 6) is 0.883. The zero-order chi connectivity index (χ0) is 11.7. The molecule has 0 radical (unpaired) electrons. The minimum atomic E-state index is 0.715. The molecule has 0 aliphatic heterocycles. The molecule has 88 valence electrons. The first-order valence-electron chi connectivity index (χ1n) is 6.03. The molecule has 1 aliphatic rings. The van der Waals surface area contributed by atoms with E-state index in [0.29, 0.717) is 6.04 Å². The van der Waals surface area contributed by atoms with Crippen molar-refractivity contribution in [3.8, 4) is 5.82 Å². The highest BCUT2D eigenvalue weighted by Gasteiger charge is 2.20. The molecule has 2 aromatic heterocycles. The van der Waals surface area contributed by atoms with Gasteiger partial charge < -0.3 is 5.32 Å². The lowest BCUT2D eigenvalue weighted by atomic mass is 10.3. The minimum Gasteiger partial charge on any atom is -0.308 e. The summed E-state index contributed by atoms with van der Waals surface area (Å²) < 4.78 is 1.82. The molecule has 0 amide bonds. The van der Waals surface area contributed by atoms with Gasteiger partial charge in [0.2, 0.25) is 0 Å². The fraction of sp³-hybridized carbons (Fsp3) is 0.385. The van der Waals surface area contributed by atoms with E-state index in [0.717, 1.165) is 23.8 Å². The van der Waals surface area contributed by atoms with Crippen LogP contribution in [0, 0.1) is 6.92 Å². The number of hydrogen-bond acceptors (Lipinski definition) is 3. The molecule has 4 heteroatoms. The largest absolute Gasteiger partial charge is 0.308 e. The van der Waals surface area contributed by atoms with Crippen molar-refractivity contribution in [3.63, 3.8) is 0 Å². The molecule has 4 nitrogen and oxygen atoms in total. The lowest BCUT2D eigenvalue weighted by Crippen LogP contribution is -2.16. The van der Waals surface area contributed by atoms with Gasteiger partial charge in [0, 0.05) is 18.8 Å². The van der Waals surface area contributed by atoms with E-state index in [4.69, 9.17) is 0 Å². The number of hydrogen-bond donors (Lipinski definition) is 1. The van der Waals surface area contributed by atoms with Crippen LogP contribution in [0.3, 0.4) is 0 Å². The van der Waals surface area contributed by atoms with Crippen LogP contribution in [0.25, 0.3) is 5.82 Å². The van der Waals surface area contributed by atoms with Crippen LogP contribution >= 0.6 is 0 Å². The summed E-state index contributed by atoms with van der Waals surface area (Å²) in [6.45, 7) is 2.83. The Morgan fingerprint density at radius 2 is 2.24 bits per heavy atom. The van der Waals surface area contributed by atoms with E-state index in [1.54, 1.807) is 0 Å². The smallest absolute Gasteiger partial charge is 0.153 e. The van der Waals surface area contributed by atoms with E-state index >= 15 is 0 Å². The van der Waals surface area contributed by atoms with Crippen molar-refractivity contribution in [2.45, 2.75) is 32.4 Å². The Labute approximate surface area is 101 Å². The molecule has 1 saturated carbocycles. The number of nitrogens with one attached hydrogen (secondary N) is 1. The standard InChI is InChI=1S/C13H16N4/c1-10-7-8-17(16-10)13-4-2-3-12(15-13)9-14-11-5-6-11/h2-4,7-8,11,14H,5-6,9H2,1H3. The predicted molar refractivity (Wildman–Crippen MR) is 66.0 cm³/mol. The van der Waals surface area contributed by atoms with Gasteiger partial charge >= 0.3 is 0 Å². The zero-order valence-corrected chi connectivity index (χ0v) is 9.93. The summed E-state index contributed by atoms with van der Waals surface area (Å²) in [4.78, 5) is 4.59. The molecule has 0 unspecified atom stereocenters. The maximum atomic E-state index is 4.59. The van der Waals surface area contributed by atoms with Crippen molar-refractivity contribution in [2.24, 2.45) is 0 Å². The molecule has 2 aromatic rings. The molecule has 1 fully saturated rings. The third-order valence-electron chi connectivity index (χ3n) is 2.90. The monoisotopic (exact) mass is 228 g/mol. The Kier molecular flexibility index (Phi) is 2.65. The summed E-state index contributed by atoms with van der Waals surface area (Å²) in [7, 11) is 0. The van der Waals surface area contributed by atoms with Gasteiger partial charge in [-0.3, -0.25) is 0 Å². The van der Waals surface area contributed by atoms with Crippen molar-refractivity contribution < 1.29 is 0 Å². The number of aromatic nitrogens is 3. The summed E-state index contributed by atoms with van der Waals surface area (Å²) in [6.07, 6.45) is 4.55. The average Bonchev–Trinajstić information content (AvgIpc) is 3.08. The first-order valence-corrected chi connectivity index (χ1v) is 6.03. The summed E-state index contributed by atoms with van der Waals surface area (Å²) in [5, 5.41) is 7.83. The third kappa shape index (κ3) is 2.53. The van der Waals surface area contributed by atoms with Crippen LogP contribution in [0.5, 0.6) is 0 Å². The van der Waals surface area contributed by atoms with Crippen molar-refractivity contribution >= 4 is 0 Å². The van der Waals surface area contributed by atoms with Gasteiger partial charge in [-0.15, -0.1) is 0 Å². The minimum absolute atomic E-state index is 0.715. The third-order valence-corrected chi connectivity index (χ3v) is 2.90. The topological polar surface area (TPSA) is 42.7 Å². The van der Waals surface area contributed by atoms with Crippen molar-refractivity contribution in [3.05, 3.63) is 41.9 Å². The Morgan fingerprint density at radius 3 is 2.94 bits per heavy atom. The summed E-state index contributed by atoms with van der Waals surface area (Å²) >= 11 is 0. The Hall–Kier alpha value is -1.68. The van der Waals surface area contributed by atoms with Gasteiger partial charge in [-0.25, -0.2) is 9.67 Å². The van der Waals surface area contributed by atoms with Crippen LogP contribution < -0.4 is 5.32 Å². The van der Waals surface area contributed by atoms with Crippen LogP contribution in [0.15, 0.2) is 30.5 Å². The quantitative estimate of drug-likeness (QED) is 0.868. The molecular formula is C13H16N4. The Balaban J connectivity index is 1.77. The normalized spacial score (nSPS) is 15.1. The Morgan fingerprint density at radius 1 is 1.35 bits per heavy atom. The van der Waals surface area contributed by atoms with E-state index in [1.165, 1.54) is 12.8 Å². The maximum absolute atomic E-state index is 4.59. The van der Waals surface area contributed by atoms with Gasteiger partial charge in [0.1, 0.15) is 0 Å². The van der Waals surface area contributed by atoms with E-state index in [1.807, 2.05) is 36.0 Å². The van der Waals surface area contributed by atoms with Crippen molar-refractivity contribution in [1.82, 2.24) is 20.1 Å². The fourth-order valence-corrected chi connectivity index (χ4v) is 1.77. The molecule has 17 heavy (non-hydrogen) atoms. The molecule has 0 aromatic carbocycles. The summed E-state index contributed by atoms with van der Waals surface area (Å²) in [6, 6.07) is 8.76. The van der Waals surface area contributed by atoms with Gasteiger partial charge in [-0.05, 0) is 38.0 Å². The van der Waals surface area contributed by atoms with Gasteiger partial charge in [0.25, 0.3) is 0 Å². The van der Waals surface area contributed by atoms with Crippen molar-refractivity contribution in [1.29, 1.82) is 0 Å². The Bertz CT molecular complexity index is 514. The van der Waals surface area contributed by atoms with Crippen LogP contribution in [0.1, 0.15) is 24.2 Å². The maximum Gasteiger partial charge on any atom is 0.153 e. The highest BCUT2D eigenvalue weighted by molar-refractivity contribution is 5.24. The van der Waals surface area contributed by atoms with Crippen molar-refractivity contribution in [2.75, 3.05) is 0 Å². The highest BCUT2D eigenvalue weighted by atomic mass is 15.3. The second-order valence-corrected chi connectivity index (χ2v) is 4.54. The molecule has 0 spiro atoms. The number of nitrogens with zero attached hydrogens (tertiary/aromatic N) is 3. The molecule has 0 bridgehead atoms. The van der Waals surface area contributed by atoms with Crippen LogP contribution in [-0.4, -0.2) is 20.8 Å². The van der Waals surface area contributed by atoms with E-state index in [-0.39, 0.29) is 0 Å². The van der Waals surface area contributed by atoms with Gasteiger partial charge in [0.15, 0.2) is 5.82 Å². The average molecular weight is 228 g/mol. The molecular weight excluding hydrogens is 212 g/mol. The summed E-state index contributed by atoms with van der Waals surface area (Å²) in [5.41, 5.74) is 2.08. The second kappa shape index (κ2) is 4.30. The highest BCUT2D eigenvalue weighted by Crippen LogP contribution is 2.19. The lowest BCUT2D eigenvalue weighted by Gasteiger charge is -2.05. The number of aryl methyl sites for hydroxylation is 1.